The van der Waals surface area contributed by atoms with Gasteiger partial charge in [-0.25, -0.2) is 0 Å². The van der Waals surface area contributed by atoms with E-state index in [1.165, 1.54) is 32.1 Å². The van der Waals surface area contributed by atoms with Crippen molar-refractivity contribution in [3.63, 3.8) is 0 Å². The predicted molar refractivity (Wildman–Crippen MR) is 49.9 cm³/mol. The zero-order chi connectivity index (χ0) is 8.53. The fourth-order valence-corrected chi connectivity index (χ4v) is 1.09. The van der Waals surface area contributed by atoms with E-state index in [2.05, 4.69) is 25.8 Å². The van der Waals surface area contributed by atoms with Gasteiger partial charge < -0.3 is 5.73 Å². The Labute approximate surface area is 70.4 Å². The molecule has 0 amide bonds. The smallest absolute Gasteiger partial charge is 0.0192 e. The lowest BCUT2D eigenvalue weighted by molar-refractivity contribution is 0.571. The van der Waals surface area contributed by atoms with Crippen LogP contribution in [0, 0.1) is 17.9 Å². The van der Waals surface area contributed by atoms with Crippen LogP contribution in [0.3, 0.4) is 0 Å². The molecule has 11 heavy (non-hydrogen) atoms. The summed E-state index contributed by atoms with van der Waals surface area (Å²) in [7, 11) is 0. The van der Waals surface area contributed by atoms with Gasteiger partial charge in [-0.1, -0.05) is 45.5 Å². The Bertz CT molecular complexity index is 130. The minimum absolute atomic E-state index is 0.483. The first-order chi connectivity index (χ1) is 5.31. The second-order valence-corrected chi connectivity index (χ2v) is 3.04. The van der Waals surface area contributed by atoms with Gasteiger partial charge in [-0.05, 0) is 6.42 Å². The minimum atomic E-state index is 0.483. The number of unbranched alkanes of at least 4 members (excludes halogenated alkanes) is 3. The minimum Gasteiger partial charge on any atom is -0.359 e. The molecule has 0 aliphatic rings. The molecule has 2 N–H and O–H groups in total. The van der Waals surface area contributed by atoms with Crippen molar-refractivity contribution >= 4 is 0 Å². The van der Waals surface area contributed by atoms with Gasteiger partial charge in [-0.3, -0.25) is 0 Å². The van der Waals surface area contributed by atoms with Gasteiger partial charge in [0, 0.05) is 12.0 Å². The molecular formula is C10H19N. The molecule has 0 fully saturated rings. The SMILES string of the molecule is CCCCCCC(C)C#CN. The van der Waals surface area contributed by atoms with Crippen LogP contribution in [0.25, 0.3) is 0 Å². The van der Waals surface area contributed by atoms with Crippen molar-refractivity contribution in [2.75, 3.05) is 0 Å². The summed E-state index contributed by atoms with van der Waals surface area (Å²) < 4.78 is 0. The van der Waals surface area contributed by atoms with Crippen molar-refractivity contribution in [1.82, 2.24) is 0 Å². The highest BCUT2D eigenvalue weighted by Gasteiger charge is 1.95. The maximum Gasteiger partial charge on any atom is 0.0192 e. The normalized spacial score (nSPS) is 11.8. The highest BCUT2D eigenvalue weighted by atomic mass is 14.5. The van der Waals surface area contributed by atoms with Crippen LogP contribution in [0.15, 0.2) is 0 Å². The quantitative estimate of drug-likeness (QED) is 0.366. The number of rotatable bonds is 5. The molecule has 1 unspecified atom stereocenters. The van der Waals surface area contributed by atoms with E-state index < -0.39 is 0 Å². The Hall–Kier alpha value is -0.640. The van der Waals surface area contributed by atoms with Gasteiger partial charge in [0.05, 0.1) is 0 Å². The van der Waals surface area contributed by atoms with Crippen molar-refractivity contribution in [1.29, 1.82) is 0 Å². The summed E-state index contributed by atoms with van der Waals surface area (Å²) in [6.45, 7) is 4.36. The second kappa shape index (κ2) is 7.47. The van der Waals surface area contributed by atoms with Crippen LogP contribution in [0.1, 0.15) is 46.0 Å². The van der Waals surface area contributed by atoms with Gasteiger partial charge in [0.1, 0.15) is 0 Å². The van der Waals surface area contributed by atoms with Gasteiger partial charge in [0.25, 0.3) is 0 Å². The number of hydrogen-bond acceptors (Lipinski definition) is 1. The fraction of sp³-hybridized carbons (Fsp3) is 0.800. The third kappa shape index (κ3) is 7.25. The van der Waals surface area contributed by atoms with Gasteiger partial charge in [0.15, 0.2) is 0 Å². The molecule has 0 bridgehead atoms. The Morgan fingerprint density at radius 2 is 2.00 bits per heavy atom. The van der Waals surface area contributed by atoms with Gasteiger partial charge >= 0.3 is 0 Å². The largest absolute Gasteiger partial charge is 0.359 e. The molecule has 0 rings (SSSR count). The van der Waals surface area contributed by atoms with E-state index in [4.69, 9.17) is 5.73 Å². The molecule has 0 saturated heterocycles. The molecule has 0 aromatic heterocycles. The predicted octanol–water partition coefficient (Wildman–Crippen LogP) is 2.51. The van der Waals surface area contributed by atoms with Gasteiger partial charge in [-0.15, -0.1) is 0 Å². The van der Waals surface area contributed by atoms with E-state index in [-0.39, 0.29) is 0 Å². The molecule has 1 nitrogen and oxygen atoms in total. The lowest BCUT2D eigenvalue weighted by Crippen LogP contribution is -1.92. The maximum atomic E-state index is 5.10. The third-order valence-electron chi connectivity index (χ3n) is 1.82. The Morgan fingerprint density at radius 1 is 1.27 bits per heavy atom. The molecule has 0 aromatic carbocycles. The molecule has 0 aliphatic carbocycles. The average Bonchev–Trinajstić information content (AvgIpc) is 1.99. The molecule has 1 heteroatoms. The summed E-state index contributed by atoms with van der Waals surface area (Å²) in [6, 6.07) is 2.46. The van der Waals surface area contributed by atoms with Crippen molar-refractivity contribution in [3.05, 3.63) is 0 Å². The summed E-state index contributed by atoms with van der Waals surface area (Å²) in [5.74, 6) is 3.43. The first-order valence-electron chi connectivity index (χ1n) is 4.52. The van der Waals surface area contributed by atoms with E-state index in [0.29, 0.717) is 5.92 Å². The van der Waals surface area contributed by atoms with Crippen molar-refractivity contribution in [3.8, 4) is 12.0 Å². The van der Waals surface area contributed by atoms with Gasteiger partial charge in [-0.2, -0.15) is 0 Å². The molecule has 0 saturated carbocycles. The lowest BCUT2D eigenvalue weighted by atomic mass is 10.0. The van der Waals surface area contributed by atoms with Crippen LogP contribution < -0.4 is 5.73 Å². The van der Waals surface area contributed by atoms with Crippen LogP contribution in [-0.2, 0) is 0 Å². The first kappa shape index (κ1) is 10.4. The summed E-state index contributed by atoms with van der Waals surface area (Å²) in [6.07, 6.45) is 6.49. The van der Waals surface area contributed by atoms with Crippen molar-refractivity contribution in [2.24, 2.45) is 11.7 Å². The van der Waals surface area contributed by atoms with Crippen molar-refractivity contribution in [2.45, 2.75) is 46.0 Å². The van der Waals surface area contributed by atoms with E-state index >= 15 is 0 Å². The zero-order valence-corrected chi connectivity index (χ0v) is 7.69. The molecule has 0 heterocycles. The molecule has 0 spiro atoms. The molecule has 0 radical (unpaired) electrons. The Morgan fingerprint density at radius 3 is 2.55 bits per heavy atom. The summed E-state index contributed by atoms with van der Waals surface area (Å²) in [5, 5.41) is 0. The maximum absolute atomic E-state index is 5.10. The van der Waals surface area contributed by atoms with Crippen molar-refractivity contribution < 1.29 is 0 Å². The first-order valence-corrected chi connectivity index (χ1v) is 4.52. The summed E-state index contributed by atoms with van der Waals surface area (Å²) in [5.41, 5.74) is 5.10. The van der Waals surface area contributed by atoms with Crippen LogP contribution in [-0.4, -0.2) is 0 Å². The van der Waals surface area contributed by atoms with Crippen LogP contribution in [0.5, 0.6) is 0 Å². The molecule has 64 valence electrons. The number of nitrogens with two attached hydrogens (primary N) is 1. The summed E-state index contributed by atoms with van der Waals surface area (Å²) in [4.78, 5) is 0. The monoisotopic (exact) mass is 153 g/mol. The molecular weight excluding hydrogens is 134 g/mol. The lowest BCUT2D eigenvalue weighted by Gasteiger charge is -2.01. The summed E-state index contributed by atoms with van der Waals surface area (Å²) >= 11 is 0. The molecule has 1 atom stereocenters. The van der Waals surface area contributed by atoms with Crippen LogP contribution >= 0.6 is 0 Å². The van der Waals surface area contributed by atoms with Crippen LogP contribution in [0.2, 0.25) is 0 Å². The van der Waals surface area contributed by atoms with Gasteiger partial charge in [0.2, 0.25) is 0 Å². The molecule has 0 aliphatic heterocycles. The second-order valence-electron chi connectivity index (χ2n) is 3.04. The average molecular weight is 153 g/mol. The van der Waals surface area contributed by atoms with Crippen LogP contribution in [0.4, 0.5) is 0 Å². The highest BCUT2D eigenvalue weighted by molar-refractivity contribution is 4.97. The topological polar surface area (TPSA) is 26.0 Å². The van der Waals surface area contributed by atoms with E-state index in [1.807, 2.05) is 0 Å². The molecule has 0 aromatic rings. The third-order valence-corrected chi connectivity index (χ3v) is 1.82. The van der Waals surface area contributed by atoms with E-state index in [1.54, 1.807) is 0 Å². The number of hydrogen-bond donors (Lipinski definition) is 1. The highest BCUT2D eigenvalue weighted by Crippen LogP contribution is 2.08. The van der Waals surface area contributed by atoms with E-state index in [0.717, 1.165) is 0 Å². The Kier molecular flexibility index (Phi) is 7.03. The fourth-order valence-electron chi connectivity index (χ4n) is 1.09. The standard InChI is InChI=1S/C10H19N/c1-3-4-5-6-7-10(2)8-9-11/h10H,3-7,11H2,1-2H3. The Balaban J connectivity index is 3.15. The van der Waals surface area contributed by atoms with E-state index in [9.17, 15) is 0 Å². The zero-order valence-electron chi connectivity index (χ0n) is 7.69.